The summed E-state index contributed by atoms with van der Waals surface area (Å²) in [5.74, 6) is 0.370. The molecule has 73 heavy (non-hydrogen) atoms. The lowest BCUT2D eigenvalue weighted by molar-refractivity contribution is -0.134. The summed E-state index contributed by atoms with van der Waals surface area (Å²) in [7, 11) is 0. The first-order valence-electron chi connectivity index (χ1n) is 27.2. The largest absolute Gasteiger partial charge is 0.508 e. The van der Waals surface area contributed by atoms with E-state index in [-0.39, 0.29) is 65.0 Å². The number of alkyl halides is 1. The molecule has 13 nitrogen and oxygen atoms in total. The van der Waals surface area contributed by atoms with E-state index in [4.69, 9.17) is 14.7 Å². The number of hydrogen-bond acceptors (Lipinski definition) is 12. The topological polar surface area (TPSA) is 139 Å². The molecule has 0 aliphatic carbocycles. The number of amides is 2. The third kappa shape index (κ3) is 9.66. The number of pyridine rings is 1. The van der Waals surface area contributed by atoms with Crippen molar-refractivity contribution >= 4 is 39.3 Å². The number of likely N-dealkylation sites (tertiary alicyclic amines) is 2. The van der Waals surface area contributed by atoms with E-state index < -0.39 is 23.3 Å². The molecule has 3 N–H and O–H groups in total. The molecule has 386 valence electrons. The van der Waals surface area contributed by atoms with Crippen LogP contribution in [0.3, 0.4) is 0 Å². The number of ether oxygens (including phenoxy) is 1. The summed E-state index contributed by atoms with van der Waals surface area (Å²) in [6.07, 6.45) is 10.9. The number of piperazine rings is 1. The average Bonchev–Trinajstić information content (AvgIpc) is 4.02. The number of imide groups is 1. The van der Waals surface area contributed by atoms with Gasteiger partial charge in [0.25, 0.3) is 0 Å². The Labute approximate surface area is 425 Å². The number of piperidine rings is 3. The standard InChI is InChI=1S/C57H68F3N9O4/c1-2-44-48(59)11-7-39-23-43(70)24-46(50(39)44)52-51(60)53-47(27-61-52)54(68-31-41-8-9-42(32-68)62-41)65-56(64-53)73-33-57-25-35(29-69(57)30-40(58)26-57)15-20-66-18-13-34(14-19-66)28-67-21-16-37(17-22-67)36-3-5-38(6-4-36)45-10-12-49(71)63-55(45)72/h3-7,11,23-24,27,34-35,37,40-42,45,62,70H,2,8-10,12-22,25-26,28-33H2,1H3,(H,63,71,72)/t35-,40+,41-,42+,45?,57-/m0/s1. The van der Waals surface area contributed by atoms with E-state index in [1.165, 1.54) is 30.5 Å². The van der Waals surface area contributed by atoms with Gasteiger partial charge in [0.05, 0.1) is 16.8 Å². The van der Waals surface area contributed by atoms with Gasteiger partial charge < -0.3 is 29.9 Å². The Bertz CT molecular complexity index is 2880. The predicted octanol–water partition coefficient (Wildman–Crippen LogP) is 8.02. The molecule has 7 aliphatic heterocycles. The van der Waals surface area contributed by atoms with Crippen LogP contribution in [0.5, 0.6) is 11.8 Å². The SMILES string of the molecule is CCc1c(F)ccc2cc(O)cc(-c3ncc4c(N5C[C@H]6CC[C@@H](C5)N6)nc(OC[C@]56C[C@@H](F)CN5C[C@@H](CCN5CCC(CN7CCC(c8ccc(C9CCC(=O)NC9=O)cc8)CC7)CC5)C6)nc4c3F)c12. The van der Waals surface area contributed by atoms with Gasteiger partial charge in [0.15, 0.2) is 5.82 Å². The van der Waals surface area contributed by atoms with Crippen LogP contribution in [0, 0.1) is 23.5 Å². The predicted molar refractivity (Wildman–Crippen MR) is 275 cm³/mol. The van der Waals surface area contributed by atoms with Gasteiger partial charge in [-0.1, -0.05) is 37.3 Å². The Balaban J connectivity index is 0.682. The third-order valence-electron chi connectivity index (χ3n) is 17.9. The maximum Gasteiger partial charge on any atom is 0.319 e. The van der Waals surface area contributed by atoms with Gasteiger partial charge in [-0.15, -0.1) is 0 Å². The fourth-order valence-corrected chi connectivity index (χ4v) is 14.1. The van der Waals surface area contributed by atoms with Gasteiger partial charge in [-0.05, 0) is 160 Å². The minimum atomic E-state index is -0.960. The molecular weight excluding hydrogens is 932 g/mol. The Morgan fingerprint density at radius 2 is 1.59 bits per heavy atom. The summed E-state index contributed by atoms with van der Waals surface area (Å²) in [5, 5.41) is 18.5. The number of phenolic OH excluding ortho intramolecular Hbond substituents is 1. The molecule has 7 aliphatic rings. The molecule has 3 aromatic carbocycles. The fourth-order valence-electron chi connectivity index (χ4n) is 14.1. The Hall–Kier alpha value is -5.42. The van der Waals surface area contributed by atoms with Crippen molar-refractivity contribution < 1.29 is 32.6 Å². The number of carbonyl (C=O) groups excluding carboxylic acids is 2. The van der Waals surface area contributed by atoms with Crippen molar-refractivity contribution in [3.05, 3.63) is 83.1 Å². The molecule has 1 unspecified atom stereocenters. The first-order chi connectivity index (χ1) is 35.4. The molecule has 2 bridgehead atoms. The summed E-state index contributed by atoms with van der Waals surface area (Å²) in [5.41, 5.74) is 2.52. The van der Waals surface area contributed by atoms with Crippen molar-refractivity contribution in [2.24, 2.45) is 11.8 Å². The quantitative estimate of drug-likeness (QED) is 0.0986. The number of phenols is 1. The third-order valence-corrected chi connectivity index (χ3v) is 17.9. The van der Waals surface area contributed by atoms with Crippen LogP contribution < -0.4 is 20.3 Å². The lowest BCUT2D eigenvalue weighted by Crippen LogP contribution is -2.51. The molecule has 0 saturated carbocycles. The molecule has 2 aromatic heterocycles. The van der Waals surface area contributed by atoms with Crippen molar-refractivity contribution in [2.75, 3.05) is 77.0 Å². The molecule has 9 heterocycles. The molecule has 16 heteroatoms. The van der Waals surface area contributed by atoms with Crippen molar-refractivity contribution in [2.45, 2.75) is 120 Å². The van der Waals surface area contributed by atoms with Crippen molar-refractivity contribution in [1.82, 2.24) is 40.3 Å². The maximum atomic E-state index is 17.3. The number of aryl methyl sites for hydroxylation is 1. The van der Waals surface area contributed by atoms with Crippen LogP contribution in [-0.2, 0) is 16.0 Å². The van der Waals surface area contributed by atoms with E-state index in [9.17, 15) is 14.7 Å². The summed E-state index contributed by atoms with van der Waals surface area (Å²) in [6, 6.07) is 15.1. The normalized spacial score (nSPS) is 27.6. The number of nitrogens with zero attached hydrogens (tertiary/aromatic N) is 7. The summed E-state index contributed by atoms with van der Waals surface area (Å²) < 4.78 is 54.5. The van der Waals surface area contributed by atoms with Crippen LogP contribution in [0.4, 0.5) is 19.0 Å². The van der Waals surface area contributed by atoms with E-state index in [0.717, 1.165) is 89.9 Å². The second-order valence-corrected chi connectivity index (χ2v) is 22.6. The molecule has 0 radical (unpaired) electrons. The van der Waals surface area contributed by atoms with Crippen molar-refractivity contribution in [3.8, 4) is 23.0 Å². The van der Waals surface area contributed by atoms with Gasteiger partial charge in [0.2, 0.25) is 11.8 Å². The van der Waals surface area contributed by atoms with Crippen LogP contribution >= 0.6 is 0 Å². The second kappa shape index (κ2) is 20.0. The van der Waals surface area contributed by atoms with Gasteiger partial charge >= 0.3 is 6.01 Å². The van der Waals surface area contributed by atoms with Crippen LogP contribution in [0.1, 0.15) is 106 Å². The number of anilines is 1. The monoisotopic (exact) mass is 1000 g/mol. The number of rotatable bonds is 13. The first-order valence-corrected chi connectivity index (χ1v) is 27.2. The number of nitrogens with one attached hydrogen (secondary N) is 2. The van der Waals surface area contributed by atoms with Crippen LogP contribution in [0.25, 0.3) is 32.9 Å². The number of aromatic hydroxyl groups is 1. The number of hydrogen-bond donors (Lipinski definition) is 3. The van der Waals surface area contributed by atoms with Crippen LogP contribution in [0.2, 0.25) is 0 Å². The minimum absolute atomic E-state index is 0.0381. The van der Waals surface area contributed by atoms with Crippen LogP contribution in [0.15, 0.2) is 54.7 Å². The summed E-state index contributed by atoms with van der Waals surface area (Å²) in [4.78, 5) is 48.1. The fraction of sp³-hybridized carbons (Fsp3) is 0.561. The number of halogens is 3. The average molecular weight is 1000 g/mol. The van der Waals surface area contributed by atoms with E-state index >= 15 is 13.2 Å². The van der Waals surface area contributed by atoms with Gasteiger partial charge in [-0.2, -0.15) is 9.97 Å². The molecule has 7 saturated heterocycles. The molecule has 6 atom stereocenters. The summed E-state index contributed by atoms with van der Waals surface area (Å²) >= 11 is 0. The van der Waals surface area contributed by atoms with Gasteiger partial charge in [0.1, 0.15) is 41.4 Å². The van der Waals surface area contributed by atoms with E-state index in [2.05, 4.69) is 59.5 Å². The zero-order valence-corrected chi connectivity index (χ0v) is 41.9. The zero-order chi connectivity index (χ0) is 50.0. The molecule has 12 rings (SSSR count). The highest BCUT2D eigenvalue weighted by molar-refractivity contribution is 6.02. The first kappa shape index (κ1) is 48.5. The zero-order valence-electron chi connectivity index (χ0n) is 41.9. The second-order valence-electron chi connectivity index (χ2n) is 22.6. The van der Waals surface area contributed by atoms with Crippen molar-refractivity contribution in [3.63, 3.8) is 0 Å². The van der Waals surface area contributed by atoms with Crippen molar-refractivity contribution in [1.29, 1.82) is 0 Å². The minimum Gasteiger partial charge on any atom is -0.508 e. The van der Waals surface area contributed by atoms with E-state index in [1.807, 2.05) is 6.92 Å². The Kier molecular flexibility index (Phi) is 13.3. The molecule has 0 spiro atoms. The Morgan fingerprint density at radius 3 is 2.34 bits per heavy atom. The van der Waals surface area contributed by atoms with Gasteiger partial charge in [-0.25, -0.2) is 13.2 Å². The van der Waals surface area contributed by atoms with E-state index in [1.54, 1.807) is 18.3 Å². The summed E-state index contributed by atoms with van der Waals surface area (Å²) in [6.45, 7) is 11.2. The van der Waals surface area contributed by atoms with Gasteiger partial charge in [-0.3, -0.25) is 24.8 Å². The highest BCUT2D eigenvalue weighted by atomic mass is 19.1. The van der Waals surface area contributed by atoms with Crippen LogP contribution in [-0.4, -0.2) is 142 Å². The highest BCUT2D eigenvalue weighted by Crippen LogP contribution is 2.45. The highest BCUT2D eigenvalue weighted by Gasteiger charge is 2.53. The molecular formula is C57H68F3N9O4. The van der Waals surface area contributed by atoms with E-state index in [0.29, 0.717) is 90.6 Å². The number of aromatic nitrogens is 3. The smallest absolute Gasteiger partial charge is 0.319 e. The lowest BCUT2D eigenvalue weighted by atomic mass is 9.85. The number of fused-ring (bicyclic) bond motifs is 5. The molecule has 5 aromatic rings. The maximum absolute atomic E-state index is 17.3. The Morgan fingerprint density at radius 1 is 0.836 bits per heavy atom. The number of benzene rings is 3. The molecule has 2 amide bonds. The van der Waals surface area contributed by atoms with Gasteiger partial charge in [0, 0.05) is 69.4 Å². The number of carbonyl (C=O) groups is 2. The molecule has 7 fully saturated rings. The lowest BCUT2D eigenvalue weighted by Gasteiger charge is -2.38.